The summed E-state index contributed by atoms with van der Waals surface area (Å²) in [6.07, 6.45) is 3.05. The Labute approximate surface area is 109 Å². The second kappa shape index (κ2) is 7.09. The molecule has 2 N–H and O–H groups in total. The lowest BCUT2D eigenvalue weighted by atomic mass is 10.2. The minimum Gasteiger partial charge on any atom is -0.490 e. The minimum atomic E-state index is -0.395. The van der Waals surface area contributed by atoms with Gasteiger partial charge in [0, 0.05) is 25.7 Å². The van der Waals surface area contributed by atoms with Crippen LogP contribution in [0.2, 0.25) is 0 Å². The van der Waals surface area contributed by atoms with Gasteiger partial charge in [0.2, 0.25) is 0 Å². The van der Waals surface area contributed by atoms with Crippen molar-refractivity contribution in [1.82, 2.24) is 0 Å². The summed E-state index contributed by atoms with van der Waals surface area (Å²) in [7, 11) is 1.96. The summed E-state index contributed by atoms with van der Waals surface area (Å²) < 4.78 is 19.0. The molecule has 1 rings (SSSR count). The van der Waals surface area contributed by atoms with Crippen molar-refractivity contribution in [3.63, 3.8) is 0 Å². The van der Waals surface area contributed by atoms with Crippen LogP contribution in [-0.2, 0) is 0 Å². The smallest absolute Gasteiger partial charge is 0.167 e. The third kappa shape index (κ3) is 3.79. The molecule has 1 aromatic rings. The number of ether oxygens (including phenoxy) is 1. The van der Waals surface area contributed by atoms with Gasteiger partial charge in [-0.05, 0) is 12.8 Å². The molecule has 0 atom stereocenters. The van der Waals surface area contributed by atoms with Crippen LogP contribution in [-0.4, -0.2) is 20.2 Å². The second-order valence-corrected chi connectivity index (χ2v) is 4.47. The molecule has 3 nitrogen and oxygen atoms in total. The molecule has 0 amide bonds. The first-order valence-electron chi connectivity index (χ1n) is 6.53. The van der Waals surface area contributed by atoms with Gasteiger partial charge < -0.3 is 15.4 Å². The van der Waals surface area contributed by atoms with Crippen LogP contribution >= 0.6 is 0 Å². The molecular weight excluding hydrogens is 231 g/mol. The van der Waals surface area contributed by atoms with Crippen LogP contribution in [0, 0.1) is 5.82 Å². The minimum absolute atomic E-state index is 0.282. The molecule has 0 saturated heterocycles. The van der Waals surface area contributed by atoms with Crippen LogP contribution in [0.1, 0.15) is 33.1 Å². The van der Waals surface area contributed by atoms with E-state index in [1.165, 1.54) is 6.07 Å². The maximum Gasteiger partial charge on any atom is 0.167 e. The Morgan fingerprint density at radius 1 is 1.28 bits per heavy atom. The molecule has 0 heterocycles. The molecule has 0 aliphatic rings. The van der Waals surface area contributed by atoms with E-state index in [9.17, 15) is 4.39 Å². The lowest BCUT2D eigenvalue weighted by molar-refractivity contribution is 0.301. The zero-order chi connectivity index (χ0) is 13.5. The summed E-state index contributed by atoms with van der Waals surface area (Å²) in [5.41, 5.74) is 7.14. The quantitative estimate of drug-likeness (QED) is 0.758. The van der Waals surface area contributed by atoms with Gasteiger partial charge in [-0.3, -0.25) is 0 Å². The molecule has 18 heavy (non-hydrogen) atoms. The molecule has 0 spiro atoms. The average molecular weight is 254 g/mol. The van der Waals surface area contributed by atoms with Crippen LogP contribution in [0.3, 0.4) is 0 Å². The van der Waals surface area contributed by atoms with Crippen molar-refractivity contribution in [2.24, 2.45) is 0 Å². The van der Waals surface area contributed by atoms with Crippen molar-refractivity contribution in [3.8, 4) is 5.75 Å². The van der Waals surface area contributed by atoms with E-state index in [4.69, 9.17) is 10.5 Å². The van der Waals surface area contributed by atoms with Crippen LogP contribution in [0.25, 0.3) is 0 Å². The number of hydrogen-bond donors (Lipinski definition) is 1. The largest absolute Gasteiger partial charge is 0.490 e. The molecular formula is C14H23FN2O. The first-order valence-corrected chi connectivity index (χ1v) is 6.53. The van der Waals surface area contributed by atoms with Crippen molar-refractivity contribution in [2.45, 2.75) is 33.1 Å². The zero-order valence-corrected chi connectivity index (χ0v) is 11.5. The predicted octanol–water partition coefficient (Wildman–Crippen LogP) is 3.43. The molecule has 1 aromatic carbocycles. The molecule has 0 aliphatic heterocycles. The highest BCUT2D eigenvalue weighted by atomic mass is 19.1. The van der Waals surface area contributed by atoms with E-state index < -0.39 is 5.82 Å². The first-order chi connectivity index (χ1) is 8.60. The van der Waals surface area contributed by atoms with E-state index in [1.54, 1.807) is 6.07 Å². The number of nitrogens with zero attached hydrogens (tertiary/aromatic N) is 1. The Bertz CT molecular complexity index is 382. The van der Waals surface area contributed by atoms with Crippen LogP contribution in [0.4, 0.5) is 15.8 Å². The maximum atomic E-state index is 13.6. The third-order valence-corrected chi connectivity index (χ3v) is 2.80. The monoisotopic (exact) mass is 254 g/mol. The Hall–Kier alpha value is -1.45. The van der Waals surface area contributed by atoms with Crippen LogP contribution in [0.5, 0.6) is 5.75 Å². The number of nitrogens with two attached hydrogens (primary N) is 1. The van der Waals surface area contributed by atoms with Gasteiger partial charge in [0.1, 0.15) is 0 Å². The molecule has 4 heteroatoms. The number of anilines is 2. The lowest BCUT2D eigenvalue weighted by Crippen LogP contribution is -2.20. The van der Waals surface area contributed by atoms with Gasteiger partial charge in [-0.1, -0.05) is 20.3 Å². The van der Waals surface area contributed by atoms with Gasteiger partial charge in [-0.15, -0.1) is 0 Å². The molecule has 0 unspecified atom stereocenters. The Morgan fingerprint density at radius 2 is 2.00 bits per heavy atom. The highest BCUT2D eigenvalue weighted by Crippen LogP contribution is 2.30. The molecule has 0 fully saturated rings. The van der Waals surface area contributed by atoms with E-state index in [0.717, 1.165) is 31.5 Å². The summed E-state index contributed by atoms with van der Waals surface area (Å²) in [6.45, 7) is 5.54. The standard InChI is InChI=1S/C14H23FN2O/c1-4-6-7-17(3)13-10-14(18-8-5-2)11(15)9-12(13)16/h9-10H,4-8,16H2,1-3H3. The van der Waals surface area contributed by atoms with Crippen LogP contribution < -0.4 is 15.4 Å². The van der Waals surface area contributed by atoms with Crippen molar-refractivity contribution in [2.75, 3.05) is 30.8 Å². The molecule has 0 bridgehead atoms. The van der Waals surface area contributed by atoms with Gasteiger partial charge in [0.15, 0.2) is 11.6 Å². The summed E-state index contributed by atoms with van der Waals surface area (Å²) in [6, 6.07) is 3.03. The van der Waals surface area contributed by atoms with E-state index in [1.807, 2.05) is 18.9 Å². The second-order valence-electron chi connectivity index (χ2n) is 4.47. The Kier molecular flexibility index (Phi) is 5.75. The van der Waals surface area contributed by atoms with Gasteiger partial charge in [-0.2, -0.15) is 0 Å². The van der Waals surface area contributed by atoms with Crippen molar-refractivity contribution < 1.29 is 9.13 Å². The van der Waals surface area contributed by atoms with Crippen LogP contribution in [0.15, 0.2) is 12.1 Å². The van der Waals surface area contributed by atoms with E-state index >= 15 is 0 Å². The van der Waals surface area contributed by atoms with Crippen molar-refractivity contribution in [1.29, 1.82) is 0 Å². The molecule has 0 aromatic heterocycles. The maximum absolute atomic E-state index is 13.6. The predicted molar refractivity (Wildman–Crippen MR) is 74.8 cm³/mol. The van der Waals surface area contributed by atoms with E-state index in [2.05, 4.69) is 6.92 Å². The number of hydrogen-bond acceptors (Lipinski definition) is 3. The fourth-order valence-electron chi connectivity index (χ4n) is 1.73. The molecule has 0 saturated carbocycles. The molecule has 0 aliphatic carbocycles. The van der Waals surface area contributed by atoms with Crippen molar-refractivity contribution >= 4 is 11.4 Å². The van der Waals surface area contributed by atoms with Gasteiger partial charge in [0.05, 0.1) is 18.0 Å². The number of unbranched alkanes of at least 4 members (excludes halogenated alkanes) is 1. The number of nitrogen functional groups attached to an aromatic ring is 1. The Balaban J connectivity index is 2.89. The number of benzene rings is 1. The van der Waals surface area contributed by atoms with Gasteiger partial charge in [0.25, 0.3) is 0 Å². The fourth-order valence-corrected chi connectivity index (χ4v) is 1.73. The number of rotatable bonds is 7. The SMILES string of the molecule is CCCCN(C)c1cc(OCCC)c(F)cc1N. The summed E-state index contributed by atoms with van der Waals surface area (Å²) >= 11 is 0. The van der Waals surface area contributed by atoms with Gasteiger partial charge in [-0.25, -0.2) is 4.39 Å². The summed E-state index contributed by atoms with van der Waals surface area (Å²) in [5.74, 6) is -0.113. The third-order valence-electron chi connectivity index (χ3n) is 2.80. The molecule has 0 radical (unpaired) electrons. The number of halogens is 1. The normalized spacial score (nSPS) is 10.4. The average Bonchev–Trinajstić information content (AvgIpc) is 2.35. The van der Waals surface area contributed by atoms with Crippen molar-refractivity contribution in [3.05, 3.63) is 17.9 Å². The van der Waals surface area contributed by atoms with E-state index in [-0.39, 0.29) is 5.75 Å². The first kappa shape index (κ1) is 14.6. The van der Waals surface area contributed by atoms with Gasteiger partial charge >= 0.3 is 0 Å². The Morgan fingerprint density at radius 3 is 2.61 bits per heavy atom. The zero-order valence-electron chi connectivity index (χ0n) is 11.5. The fraction of sp³-hybridized carbons (Fsp3) is 0.571. The summed E-state index contributed by atoms with van der Waals surface area (Å²) in [4.78, 5) is 2.04. The summed E-state index contributed by atoms with van der Waals surface area (Å²) in [5, 5.41) is 0. The topological polar surface area (TPSA) is 38.5 Å². The van der Waals surface area contributed by atoms with E-state index in [0.29, 0.717) is 12.3 Å². The lowest BCUT2D eigenvalue weighted by Gasteiger charge is -2.22. The molecule has 102 valence electrons. The highest BCUT2D eigenvalue weighted by Gasteiger charge is 2.12. The highest BCUT2D eigenvalue weighted by molar-refractivity contribution is 5.69.